The van der Waals surface area contributed by atoms with Crippen LogP contribution >= 0.6 is 11.6 Å². The summed E-state index contributed by atoms with van der Waals surface area (Å²) in [6.45, 7) is 7.31. The summed E-state index contributed by atoms with van der Waals surface area (Å²) in [7, 11) is 0. The maximum atomic E-state index is 13.4. The first-order valence-electron chi connectivity index (χ1n) is 6.85. The number of Topliss-reactive ketones (excluding diaryl/α,β-unsaturated/α-hetero) is 1. The lowest BCUT2D eigenvalue weighted by Gasteiger charge is -2.40. The zero-order chi connectivity index (χ0) is 14.8. The van der Waals surface area contributed by atoms with Crippen LogP contribution in [0.15, 0.2) is 18.2 Å². The molecule has 0 aromatic heterocycles. The van der Waals surface area contributed by atoms with E-state index < -0.39 is 11.4 Å². The van der Waals surface area contributed by atoms with Crippen molar-refractivity contribution < 1.29 is 9.18 Å². The Morgan fingerprint density at radius 3 is 2.70 bits per heavy atom. The van der Waals surface area contributed by atoms with Gasteiger partial charge in [-0.3, -0.25) is 9.69 Å². The molecule has 110 valence electrons. The van der Waals surface area contributed by atoms with Gasteiger partial charge in [-0.25, -0.2) is 4.39 Å². The van der Waals surface area contributed by atoms with Gasteiger partial charge in [0.25, 0.3) is 0 Å². The average molecular weight is 299 g/mol. The minimum Gasteiger partial charge on any atom is -0.314 e. The number of halogens is 2. The van der Waals surface area contributed by atoms with E-state index in [0.717, 1.165) is 26.2 Å². The zero-order valence-corrected chi connectivity index (χ0v) is 12.6. The molecule has 0 spiro atoms. The summed E-state index contributed by atoms with van der Waals surface area (Å²) in [5.74, 6) is -0.413. The van der Waals surface area contributed by atoms with E-state index in [4.69, 9.17) is 11.6 Å². The molecule has 1 N–H and O–H groups in total. The first-order valence-corrected chi connectivity index (χ1v) is 7.22. The molecule has 1 fully saturated rings. The standard InChI is InChI=1S/C15H20ClFN2O/c1-15(2,19-8-6-18-7-9-19)13(20)10-11-4-3-5-12(17)14(11)16/h3-5,18H,6-10H2,1-2H3. The zero-order valence-electron chi connectivity index (χ0n) is 11.9. The summed E-state index contributed by atoms with van der Waals surface area (Å²) in [5, 5.41) is 3.32. The third-order valence-corrected chi connectivity index (χ3v) is 4.40. The van der Waals surface area contributed by atoms with Gasteiger partial charge in [0.2, 0.25) is 0 Å². The summed E-state index contributed by atoms with van der Waals surface area (Å²) in [5.41, 5.74) is -0.00235. The molecule has 1 aromatic carbocycles. The van der Waals surface area contributed by atoms with Gasteiger partial charge >= 0.3 is 0 Å². The Hall–Kier alpha value is -0.970. The molecule has 3 nitrogen and oxygen atoms in total. The predicted octanol–water partition coefficient (Wildman–Crippen LogP) is 2.27. The fourth-order valence-electron chi connectivity index (χ4n) is 2.47. The van der Waals surface area contributed by atoms with Crippen molar-refractivity contribution in [3.8, 4) is 0 Å². The van der Waals surface area contributed by atoms with Crippen LogP contribution in [0.3, 0.4) is 0 Å². The van der Waals surface area contributed by atoms with E-state index in [1.165, 1.54) is 6.07 Å². The second-order valence-corrected chi connectivity index (χ2v) is 5.99. The average Bonchev–Trinajstić information content (AvgIpc) is 2.44. The molecular weight excluding hydrogens is 279 g/mol. The number of nitrogens with one attached hydrogen (secondary N) is 1. The number of rotatable bonds is 4. The van der Waals surface area contributed by atoms with Crippen LogP contribution in [0.2, 0.25) is 5.02 Å². The molecule has 0 saturated carbocycles. The molecule has 5 heteroatoms. The van der Waals surface area contributed by atoms with Crippen molar-refractivity contribution in [3.63, 3.8) is 0 Å². The molecule has 2 rings (SSSR count). The molecule has 0 atom stereocenters. The highest BCUT2D eigenvalue weighted by atomic mass is 35.5. The van der Waals surface area contributed by atoms with Gasteiger partial charge in [0.05, 0.1) is 10.6 Å². The number of benzene rings is 1. The molecular formula is C15H20ClFN2O. The third-order valence-electron chi connectivity index (χ3n) is 3.97. The van der Waals surface area contributed by atoms with Gasteiger partial charge in [0.1, 0.15) is 5.82 Å². The quantitative estimate of drug-likeness (QED) is 0.925. The summed E-state index contributed by atoms with van der Waals surface area (Å²) >= 11 is 5.92. The highest BCUT2D eigenvalue weighted by molar-refractivity contribution is 6.31. The minimum atomic E-state index is -0.558. The Bertz CT molecular complexity index is 499. The van der Waals surface area contributed by atoms with Crippen LogP contribution in [0.4, 0.5) is 4.39 Å². The van der Waals surface area contributed by atoms with Crippen molar-refractivity contribution in [2.24, 2.45) is 0 Å². The van der Waals surface area contributed by atoms with E-state index >= 15 is 0 Å². The van der Waals surface area contributed by atoms with E-state index in [-0.39, 0.29) is 17.2 Å². The number of hydrogen-bond donors (Lipinski definition) is 1. The lowest BCUT2D eigenvalue weighted by molar-refractivity contribution is -0.129. The monoisotopic (exact) mass is 298 g/mol. The van der Waals surface area contributed by atoms with Gasteiger partial charge in [-0.2, -0.15) is 0 Å². The van der Waals surface area contributed by atoms with E-state index in [0.29, 0.717) is 5.56 Å². The lowest BCUT2D eigenvalue weighted by atomic mass is 9.91. The normalized spacial score (nSPS) is 17.2. The number of piperazine rings is 1. The molecule has 20 heavy (non-hydrogen) atoms. The highest BCUT2D eigenvalue weighted by Crippen LogP contribution is 2.24. The molecule has 1 aliphatic rings. The molecule has 0 bridgehead atoms. The largest absolute Gasteiger partial charge is 0.314 e. The molecule has 1 aromatic rings. The lowest BCUT2D eigenvalue weighted by Crippen LogP contribution is -2.57. The van der Waals surface area contributed by atoms with Crippen LogP contribution in [0.5, 0.6) is 0 Å². The van der Waals surface area contributed by atoms with Crippen LogP contribution in [0, 0.1) is 5.82 Å². The molecule has 0 aliphatic carbocycles. The second-order valence-electron chi connectivity index (χ2n) is 5.61. The van der Waals surface area contributed by atoms with Crippen molar-refractivity contribution in [2.45, 2.75) is 25.8 Å². The van der Waals surface area contributed by atoms with Crippen molar-refractivity contribution in [1.82, 2.24) is 10.2 Å². The predicted molar refractivity (Wildman–Crippen MR) is 78.6 cm³/mol. The van der Waals surface area contributed by atoms with E-state index in [9.17, 15) is 9.18 Å². The number of carbonyl (C=O) groups is 1. The van der Waals surface area contributed by atoms with Gasteiger partial charge in [-0.1, -0.05) is 23.7 Å². The fraction of sp³-hybridized carbons (Fsp3) is 0.533. The number of carbonyl (C=O) groups excluding carboxylic acids is 1. The van der Waals surface area contributed by atoms with Crippen molar-refractivity contribution in [3.05, 3.63) is 34.6 Å². The van der Waals surface area contributed by atoms with Crippen LogP contribution in [-0.2, 0) is 11.2 Å². The Morgan fingerprint density at radius 2 is 2.05 bits per heavy atom. The summed E-state index contributed by atoms with van der Waals surface area (Å²) in [4.78, 5) is 14.7. The van der Waals surface area contributed by atoms with Crippen molar-refractivity contribution >= 4 is 17.4 Å². The van der Waals surface area contributed by atoms with Gasteiger partial charge in [-0.15, -0.1) is 0 Å². The van der Waals surface area contributed by atoms with Gasteiger partial charge in [-0.05, 0) is 25.5 Å². The Balaban J connectivity index is 2.12. The second kappa shape index (κ2) is 6.20. The van der Waals surface area contributed by atoms with Crippen LogP contribution < -0.4 is 5.32 Å². The Labute approximate surface area is 124 Å². The molecule has 0 amide bonds. The van der Waals surface area contributed by atoms with E-state index in [1.54, 1.807) is 12.1 Å². The van der Waals surface area contributed by atoms with Crippen molar-refractivity contribution in [2.75, 3.05) is 26.2 Å². The first-order chi connectivity index (χ1) is 9.43. The maximum Gasteiger partial charge on any atom is 0.156 e. The summed E-state index contributed by atoms with van der Waals surface area (Å²) < 4.78 is 13.4. The van der Waals surface area contributed by atoms with Gasteiger partial charge in [0.15, 0.2) is 5.78 Å². The Kier molecular flexibility index (Phi) is 4.78. The van der Waals surface area contributed by atoms with Crippen LogP contribution in [0.1, 0.15) is 19.4 Å². The van der Waals surface area contributed by atoms with Crippen LogP contribution in [-0.4, -0.2) is 42.4 Å². The first kappa shape index (κ1) is 15.4. The number of ketones is 1. The molecule has 1 aliphatic heterocycles. The van der Waals surface area contributed by atoms with Crippen LogP contribution in [0.25, 0.3) is 0 Å². The van der Waals surface area contributed by atoms with Gasteiger partial charge < -0.3 is 5.32 Å². The maximum absolute atomic E-state index is 13.4. The molecule has 0 radical (unpaired) electrons. The number of nitrogens with zero attached hydrogens (tertiary/aromatic N) is 1. The van der Waals surface area contributed by atoms with Crippen molar-refractivity contribution in [1.29, 1.82) is 0 Å². The third kappa shape index (κ3) is 3.19. The summed E-state index contributed by atoms with van der Waals surface area (Å²) in [6.07, 6.45) is 0.160. The Morgan fingerprint density at radius 1 is 1.40 bits per heavy atom. The number of hydrogen-bond acceptors (Lipinski definition) is 3. The highest BCUT2D eigenvalue weighted by Gasteiger charge is 2.34. The molecule has 1 saturated heterocycles. The topological polar surface area (TPSA) is 32.3 Å². The van der Waals surface area contributed by atoms with E-state index in [1.807, 2.05) is 13.8 Å². The molecule has 0 unspecified atom stereocenters. The van der Waals surface area contributed by atoms with E-state index in [2.05, 4.69) is 10.2 Å². The minimum absolute atomic E-state index is 0.0527. The molecule has 1 heterocycles. The SMILES string of the molecule is CC(C)(C(=O)Cc1cccc(F)c1Cl)N1CCNCC1. The van der Waals surface area contributed by atoms with Gasteiger partial charge in [0, 0.05) is 32.6 Å². The fourth-order valence-corrected chi connectivity index (χ4v) is 2.67. The summed E-state index contributed by atoms with van der Waals surface area (Å²) in [6, 6.07) is 4.59. The smallest absolute Gasteiger partial charge is 0.156 e.